The van der Waals surface area contributed by atoms with Crippen LogP contribution in [0.3, 0.4) is 0 Å². The van der Waals surface area contributed by atoms with Crippen LogP contribution in [0.4, 0.5) is 0 Å². The number of carbonyl (C=O) groups is 1. The van der Waals surface area contributed by atoms with Crippen LogP contribution in [-0.4, -0.2) is 38.7 Å². The first-order valence-corrected chi connectivity index (χ1v) is 10.1. The predicted octanol–water partition coefficient (Wildman–Crippen LogP) is 3.38. The maximum absolute atomic E-state index is 12.9. The number of benzene rings is 2. The number of nitrogens with one attached hydrogen (secondary N) is 1. The summed E-state index contributed by atoms with van der Waals surface area (Å²) in [5.41, 5.74) is 2.78. The third-order valence-corrected chi connectivity index (χ3v) is 5.83. The van der Waals surface area contributed by atoms with Crippen molar-refractivity contribution in [1.82, 2.24) is 19.7 Å². The van der Waals surface area contributed by atoms with E-state index >= 15 is 0 Å². The lowest BCUT2D eigenvalue weighted by Gasteiger charge is -2.33. The van der Waals surface area contributed by atoms with Gasteiger partial charge in [-0.2, -0.15) is 5.10 Å². The summed E-state index contributed by atoms with van der Waals surface area (Å²) in [6, 6.07) is 17.8. The number of carbonyl (C=O) groups excluding carboxylic acids is 1. The Kier molecular flexibility index (Phi) is 5.34. The summed E-state index contributed by atoms with van der Waals surface area (Å²) in [7, 11) is 0. The summed E-state index contributed by atoms with van der Waals surface area (Å²) in [6.07, 6.45) is 1.59. The van der Waals surface area contributed by atoms with Crippen LogP contribution >= 0.6 is 0 Å². The monoisotopic (exact) mass is 390 g/mol. The van der Waals surface area contributed by atoms with Crippen molar-refractivity contribution < 1.29 is 4.79 Å². The van der Waals surface area contributed by atoms with Crippen LogP contribution in [0.2, 0.25) is 0 Å². The lowest BCUT2D eigenvalue weighted by atomic mass is 9.93. The van der Waals surface area contributed by atoms with Gasteiger partial charge in [0.2, 0.25) is 5.91 Å². The van der Waals surface area contributed by atoms with Gasteiger partial charge in [-0.05, 0) is 44.4 Å². The van der Waals surface area contributed by atoms with E-state index in [-0.39, 0.29) is 23.4 Å². The van der Waals surface area contributed by atoms with E-state index in [1.165, 1.54) is 0 Å². The van der Waals surface area contributed by atoms with Gasteiger partial charge < -0.3 is 4.90 Å². The van der Waals surface area contributed by atoms with Crippen molar-refractivity contribution in [1.29, 1.82) is 0 Å². The topological polar surface area (TPSA) is 71.0 Å². The van der Waals surface area contributed by atoms with Gasteiger partial charge in [0, 0.05) is 19.0 Å². The maximum Gasteiger partial charge on any atom is 0.347 e. The summed E-state index contributed by atoms with van der Waals surface area (Å²) in [5, 5.41) is 6.91. The van der Waals surface area contributed by atoms with E-state index in [1.807, 2.05) is 73.3 Å². The Bertz CT molecular complexity index is 1030. The second kappa shape index (κ2) is 8.07. The highest BCUT2D eigenvalue weighted by molar-refractivity contribution is 5.83. The molecule has 1 aliphatic rings. The molecule has 0 saturated carbocycles. The molecule has 1 atom stereocenters. The van der Waals surface area contributed by atoms with Gasteiger partial charge in [0.05, 0.1) is 11.6 Å². The zero-order valence-electron chi connectivity index (χ0n) is 16.8. The number of aromatic amines is 1. The second-order valence-electron chi connectivity index (χ2n) is 7.79. The average molecular weight is 390 g/mol. The van der Waals surface area contributed by atoms with Crippen LogP contribution in [0.5, 0.6) is 0 Å². The fourth-order valence-corrected chi connectivity index (χ4v) is 4.04. The number of likely N-dealkylation sites (tertiary alicyclic amines) is 1. The Labute approximate surface area is 170 Å². The van der Waals surface area contributed by atoms with Crippen LogP contribution in [-0.2, 0) is 4.79 Å². The molecule has 2 aromatic carbocycles. The molecule has 2 heterocycles. The van der Waals surface area contributed by atoms with E-state index in [1.54, 1.807) is 4.57 Å². The van der Waals surface area contributed by atoms with Crippen molar-refractivity contribution in [2.45, 2.75) is 38.5 Å². The molecule has 0 bridgehead atoms. The number of amides is 1. The third-order valence-electron chi connectivity index (χ3n) is 5.83. The van der Waals surface area contributed by atoms with Crippen molar-refractivity contribution in [3.05, 3.63) is 82.0 Å². The van der Waals surface area contributed by atoms with Gasteiger partial charge in [-0.3, -0.25) is 4.79 Å². The molecule has 4 rings (SSSR count). The highest BCUT2D eigenvalue weighted by Crippen LogP contribution is 2.29. The number of aryl methyl sites for hydroxylation is 1. The molecule has 1 saturated heterocycles. The second-order valence-corrected chi connectivity index (χ2v) is 7.79. The molecular weight excluding hydrogens is 364 g/mol. The van der Waals surface area contributed by atoms with Crippen molar-refractivity contribution >= 4 is 5.91 Å². The molecule has 29 heavy (non-hydrogen) atoms. The molecule has 1 aromatic heterocycles. The molecule has 6 nitrogen and oxygen atoms in total. The number of aromatic nitrogens is 3. The Hall–Kier alpha value is -3.15. The Morgan fingerprint density at radius 1 is 1.07 bits per heavy atom. The van der Waals surface area contributed by atoms with Crippen molar-refractivity contribution in [2.24, 2.45) is 0 Å². The van der Waals surface area contributed by atoms with E-state index < -0.39 is 0 Å². The first-order valence-electron chi connectivity index (χ1n) is 10.1. The minimum absolute atomic E-state index is 0.145. The Balaban J connectivity index is 1.47. The molecule has 0 radical (unpaired) electrons. The zero-order valence-corrected chi connectivity index (χ0v) is 16.8. The van der Waals surface area contributed by atoms with E-state index in [0.717, 1.165) is 35.5 Å². The number of piperidine rings is 1. The van der Waals surface area contributed by atoms with Gasteiger partial charge >= 0.3 is 5.69 Å². The van der Waals surface area contributed by atoms with Crippen LogP contribution < -0.4 is 5.69 Å². The van der Waals surface area contributed by atoms with Gasteiger partial charge in [0.15, 0.2) is 0 Å². The van der Waals surface area contributed by atoms with E-state index in [0.29, 0.717) is 13.1 Å². The quantitative estimate of drug-likeness (QED) is 0.742. The number of H-pyrrole nitrogens is 1. The van der Waals surface area contributed by atoms with Crippen molar-refractivity contribution in [3.8, 4) is 5.69 Å². The van der Waals surface area contributed by atoms with Gasteiger partial charge in [-0.25, -0.2) is 14.5 Å². The predicted molar refractivity (Wildman–Crippen MR) is 112 cm³/mol. The van der Waals surface area contributed by atoms with Crippen LogP contribution in [0, 0.1) is 6.92 Å². The molecule has 1 amide bonds. The number of rotatable bonds is 4. The summed E-state index contributed by atoms with van der Waals surface area (Å²) in [4.78, 5) is 27.2. The van der Waals surface area contributed by atoms with Gasteiger partial charge in [0.1, 0.15) is 5.82 Å². The van der Waals surface area contributed by atoms with Crippen LogP contribution in [0.25, 0.3) is 5.69 Å². The number of hydrogen-bond donors (Lipinski definition) is 1. The lowest BCUT2D eigenvalue weighted by molar-refractivity contribution is -0.133. The number of nitrogens with zero attached hydrogens (tertiary/aromatic N) is 3. The van der Waals surface area contributed by atoms with Crippen LogP contribution in [0.1, 0.15) is 48.6 Å². The van der Waals surface area contributed by atoms with E-state index in [9.17, 15) is 9.59 Å². The molecule has 1 fully saturated rings. The molecule has 150 valence electrons. The lowest BCUT2D eigenvalue weighted by Crippen LogP contribution is -2.40. The van der Waals surface area contributed by atoms with E-state index in [2.05, 4.69) is 10.2 Å². The highest BCUT2D eigenvalue weighted by Gasteiger charge is 2.30. The molecule has 0 aliphatic carbocycles. The molecular formula is C23H26N4O2. The summed E-state index contributed by atoms with van der Waals surface area (Å²) in [6.45, 7) is 5.34. The minimum atomic E-state index is -0.222. The minimum Gasteiger partial charge on any atom is -0.342 e. The first kappa shape index (κ1) is 19.2. The molecule has 6 heteroatoms. The largest absolute Gasteiger partial charge is 0.347 e. The standard InChI is InChI=1S/C23H26N4O2/c1-16-8-10-20(11-9-16)27-21(24-25-23(27)29)19-12-14-26(15-13-19)22(28)17(2)18-6-4-3-5-7-18/h3-11,17,19H,12-15H2,1-2H3,(H,25,29)/t17-/m1/s1. The SMILES string of the molecule is Cc1ccc(-n2c(C3CCN(C(=O)[C@H](C)c4ccccc4)CC3)n[nH]c2=O)cc1. The smallest absolute Gasteiger partial charge is 0.342 e. The van der Waals surface area contributed by atoms with E-state index in [4.69, 9.17) is 0 Å². The van der Waals surface area contributed by atoms with Gasteiger partial charge in [-0.15, -0.1) is 0 Å². The molecule has 0 spiro atoms. The number of hydrogen-bond acceptors (Lipinski definition) is 3. The van der Waals surface area contributed by atoms with Gasteiger partial charge in [-0.1, -0.05) is 48.0 Å². The first-order chi connectivity index (χ1) is 14.0. The van der Waals surface area contributed by atoms with Crippen molar-refractivity contribution in [3.63, 3.8) is 0 Å². The summed E-state index contributed by atoms with van der Waals surface area (Å²) < 4.78 is 1.66. The van der Waals surface area contributed by atoms with Crippen LogP contribution in [0.15, 0.2) is 59.4 Å². The highest BCUT2D eigenvalue weighted by atomic mass is 16.2. The average Bonchev–Trinajstić information content (AvgIpc) is 3.15. The fourth-order valence-electron chi connectivity index (χ4n) is 4.04. The Morgan fingerprint density at radius 2 is 1.72 bits per heavy atom. The Morgan fingerprint density at radius 3 is 2.38 bits per heavy atom. The fraction of sp³-hybridized carbons (Fsp3) is 0.348. The molecule has 0 unspecified atom stereocenters. The summed E-state index contributed by atoms with van der Waals surface area (Å²) >= 11 is 0. The van der Waals surface area contributed by atoms with Crippen molar-refractivity contribution in [2.75, 3.05) is 13.1 Å². The molecule has 3 aromatic rings. The van der Waals surface area contributed by atoms with Gasteiger partial charge in [0.25, 0.3) is 0 Å². The zero-order chi connectivity index (χ0) is 20.4. The summed E-state index contributed by atoms with van der Waals surface area (Å²) in [5.74, 6) is 0.907. The normalized spacial score (nSPS) is 16.0. The molecule has 1 aliphatic heterocycles. The maximum atomic E-state index is 12.9. The third kappa shape index (κ3) is 3.88. The molecule has 1 N–H and O–H groups in total.